The van der Waals surface area contributed by atoms with Crippen LogP contribution in [0.25, 0.3) is 5.57 Å². The third-order valence-electron chi connectivity index (χ3n) is 4.28. The number of amides is 2. The van der Waals surface area contributed by atoms with Gasteiger partial charge in [-0.1, -0.05) is 48.0 Å². The second-order valence-electron chi connectivity index (χ2n) is 5.84. The van der Waals surface area contributed by atoms with E-state index in [0.717, 1.165) is 16.8 Å². The lowest BCUT2D eigenvalue weighted by atomic mass is 10.0. The van der Waals surface area contributed by atoms with Crippen molar-refractivity contribution >= 4 is 23.1 Å². The number of aryl methyl sites for hydroxylation is 1. The number of nitrogens with zero attached hydrogens (tertiary/aromatic N) is 2. The molecule has 0 bridgehead atoms. The quantitative estimate of drug-likeness (QED) is 0.812. The van der Waals surface area contributed by atoms with Crippen molar-refractivity contribution in [2.75, 3.05) is 18.5 Å². The van der Waals surface area contributed by atoms with E-state index >= 15 is 0 Å². The first kappa shape index (κ1) is 16.0. The summed E-state index contributed by atoms with van der Waals surface area (Å²) >= 11 is 0. The van der Waals surface area contributed by atoms with Crippen LogP contribution < -0.4 is 4.90 Å². The second kappa shape index (κ2) is 6.32. The van der Waals surface area contributed by atoms with Crippen molar-refractivity contribution in [1.82, 2.24) is 4.90 Å². The highest BCUT2D eigenvalue weighted by Gasteiger charge is 2.40. The van der Waals surface area contributed by atoms with Crippen LogP contribution in [0.2, 0.25) is 0 Å². The van der Waals surface area contributed by atoms with E-state index in [-0.39, 0.29) is 11.8 Å². The Morgan fingerprint density at radius 2 is 1.54 bits per heavy atom. The van der Waals surface area contributed by atoms with Crippen molar-refractivity contribution in [3.63, 3.8) is 0 Å². The number of likely N-dealkylation sites (N-methyl/N-ethyl adjacent to an activating group) is 2. The molecule has 1 aliphatic heterocycles. The van der Waals surface area contributed by atoms with Crippen LogP contribution in [0.4, 0.5) is 5.69 Å². The summed E-state index contributed by atoms with van der Waals surface area (Å²) in [6.07, 6.45) is 0. The molecule has 2 aromatic carbocycles. The number of hydrogen-bond acceptors (Lipinski definition) is 3. The Morgan fingerprint density at radius 1 is 0.917 bits per heavy atom. The maximum Gasteiger partial charge on any atom is 0.278 e. The molecule has 3 rings (SSSR count). The Labute approximate surface area is 142 Å². The first-order valence-electron chi connectivity index (χ1n) is 8.01. The van der Waals surface area contributed by atoms with Crippen molar-refractivity contribution in [3.8, 4) is 0 Å². The fourth-order valence-corrected chi connectivity index (χ4v) is 2.92. The third-order valence-corrected chi connectivity index (χ3v) is 4.28. The molecule has 0 saturated heterocycles. The number of carbonyl (C=O) groups excluding carboxylic acids is 2. The number of para-hydroxylation sites is 1. The second-order valence-corrected chi connectivity index (χ2v) is 5.84. The molecule has 0 spiro atoms. The smallest absolute Gasteiger partial charge is 0.278 e. The molecule has 0 unspecified atom stereocenters. The van der Waals surface area contributed by atoms with E-state index in [1.54, 1.807) is 4.90 Å². The molecule has 2 aromatic rings. The molecule has 0 fully saturated rings. The summed E-state index contributed by atoms with van der Waals surface area (Å²) in [4.78, 5) is 28.7. The highest BCUT2D eigenvalue weighted by Crippen LogP contribution is 2.33. The largest absolute Gasteiger partial charge is 0.339 e. The molecule has 4 nitrogen and oxygen atoms in total. The van der Waals surface area contributed by atoms with Gasteiger partial charge in [0.05, 0.1) is 5.57 Å². The average molecular weight is 320 g/mol. The van der Waals surface area contributed by atoms with Crippen LogP contribution in [0.15, 0.2) is 60.3 Å². The van der Waals surface area contributed by atoms with Crippen molar-refractivity contribution in [3.05, 3.63) is 71.4 Å². The summed E-state index contributed by atoms with van der Waals surface area (Å²) in [7, 11) is 1.82. The normalized spacial score (nSPS) is 14.5. The fraction of sp³-hybridized carbons (Fsp3) is 0.200. The van der Waals surface area contributed by atoms with E-state index in [2.05, 4.69) is 0 Å². The topological polar surface area (TPSA) is 40.6 Å². The van der Waals surface area contributed by atoms with Crippen LogP contribution in [0.1, 0.15) is 18.1 Å². The molecule has 24 heavy (non-hydrogen) atoms. The van der Waals surface area contributed by atoms with E-state index in [1.807, 2.05) is 75.5 Å². The Hall–Kier alpha value is -2.88. The molecule has 0 saturated carbocycles. The van der Waals surface area contributed by atoms with Gasteiger partial charge < -0.3 is 4.90 Å². The van der Waals surface area contributed by atoms with Crippen LogP contribution in [-0.4, -0.2) is 30.3 Å². The number of hydrogen-bond donors (Lipinski definition) is 0. The van der Waals surface area contributed by atoms with Gasteiger partial charge in [0, 0.05) is 19.3 Å². The van der Waals surface area contributed by atoms with Crippen LogP contribution >= 0.6 is 0 Å². The molecular formula is C20H20N2O2. The number of rotatable bonds is 4. The highest BCUT2D eigenvalue weighted by molar-refractivity contribution is 6.36. The molecule has 122 valence electrons. The maximum absolute atomic E-state index is 12.8. The van der Waals surface area contributed by atoms with E-state index in [9.17, 15) is 9.59 Å². The lowest BCUT2D eigenvalue weighted by Gasteiger charge is -2.21. The molecule has 1 aliphatic rings. The first-order chi connectivity index (χ1) is 11.5. The van der Waals surface area contributed by atoms with Gasteiger partial charge in [0.1, 0.15) is 5.70 Å². The number of anilines is 1. The van der Waals surface area contributed by atoms with E-state index in [1.165, 1.54) is 4.90 Å². The molecule has 0 aliphatic carbocycles. The maximum atomic E-state index is 12.8. The molecule has 0 N–H and O–H groups in total. The highest BCUT2D eigenvalue weighted by atomic mass is 16.2. The molecule has 0 aromatic heterocycles. The fourth-order valence-electron chi connectivity index (χ4n) is 2.92. The average Bonchev–Trinajstić information content (AvgIpc) is 2.86. The summed E-state index contributed by atoms with van der Waals surface area (Å²) in [5.74, 6) is -0.478. The number of carbonyl (C=O) groups is 2. The van der Waals surface area contributed by atoms with Crippen molar-refractivity contribution in [2.24, 2.45) is 0 Å². The molecule has 0 radical (unpaired) electrons. The third kappa shape index (κ3) is 2.60. The standard InChI is InChI=1S/C20H20N2O2/c1-4-22-19(23)17(15-12-10-14(2)11-13-15)18(20(22)24)21(3)16-8-6-5-7-9-16/h5-13H,4H2,1-3H3. The van der Waals surface area contributed by atoms with Gasteiger partial charge in [0.15, 0.2) is 0 Å². The predicted molar refractivity (Wildman–Crippen MR) is 95.3 cm³/mol. The van der Waals surface area contributed by atoms with E-state index < -0.39 is 0 Å². The van der Waals surface area contributed by atoms with E-state index in [0.29, 0.717) is 17.8 Å². The van der Waals surface area contributed by atoms with Crippen molar-refractivity contribution in [1.29, 1.82) is 0 Å². The minimum atomic E-state index is -0.246. The van der Waals surface area contributed by atoms with Gasteiger partial charge in [-0.05, 0) is 31.5 Å². The minimum Gasteiger partial charge on any atom is -0.339 e. The van der Waals surface area contributed by atoms with Gasteiger partial charge in [-0.15, -0.1) is 0 Å². The lowest BCUT2D eigenvalue weighted by molar-refractivity contribution is -0.136. The van der Waals surface area contributed by atoms with Crippen LogP contribution in [0, 0.1) is 6.92 Å². The lowest BCUT2D eigenvalue weighted by Crippen LogP contribution is -2.33. The molecular weight excluding hydrogens is 300 g/mol. The van der Waals surface area contributed by atoms with Crippen LogP contribution in [-0.2, 0) is 9.59 Å². The van der Waals surface area contributed by atoms with Gasteiger partial charge >= 0.3 is 0 Å². The monoisotopic (exact) mass is 320 g/mol. The van der Waals surface area contributed by atoms with Crippen LogP contribution in [0.5, 0.6) is 0 Å². The number of benzene rings is 2. The zero-order valence-corrected chi connectivity index (χ0v) is 14.1. The SMILES string of the molecule is CCN1C(=O)C(c2ccc(C)cc2)=C(N(C)c2ccccc2)C1=O. The summed E-state index contributed by atoms with van der Waals surface area (Å²) in [5.41, 5.74) is 3.65. The van der Waals surface area contributed by atoms with Gasteiger partial charge in [-0.2, -0.15) is 0 Å². The minimum absolute atomic E-state index is 0.232. The van der Waals surface area contributed by atoms with Gasteiger partial charge in [0.2, 0.25) is 0 Å². The zero-order valence-electron chi connectivity index (χ0n) is 14.1. The summed E-state index contributed by atoms with van der Waals surface area (Å²) in [5, 5.41) is 0. The Kier molecular flexibility index (Phi) is 4.21. The van der Waals surface area contributed by atoms with Gasteiger partial charge in [-0.3, -0.25) is 14.5 Å². The van der Waals surface area contributed by atoms with Crippen molar-refractivity contribution < 1.29 is 9.59 Å². The summed E-state index contributed by atoms with van der Waals surface area (Å²) in [6.45, 7) is 4.17. The Morgan fingerprint density at radius 3 is 2.12 bits per heavy atom. The Balaban J connectivity index is 2.16. The first-order valence-corrected chi connectivity index (χ1v) is 8.01. The zero-order chi connectivity index (χ0) is 17.3. The number of imide groups is 1. The summed E-state index contributed by atoms with van der Waals surface area (Å²) in [6, 6.07) is 17.3. The molecule has 4 heteroatoms. The molecule has 2 amide bonds. The Bertz CT molecular complexity index is 807. The molecule has 0 atom stereocenters. The van der Waals surface area contributed by atoms with Gasteiger partial charge in [0.25, 0.3) is 11.8 Å². The van der Waals surface area contributed by atoms with Crippen LogP contribution in [0.3, 0.4) is 0 Å². The van der Waals surface area contributed by atoms with Gasteiger partial charge in [-0.25, -0.2) is 0 Å². The summed E-state index contributed by atoms with van der Waals surface area (Å²) < 4.78 is 0. The predicted octanol–water partition coefficient (Wildman–Crippen LogP) is 3.23. The van der Waals surface area contributed by atoms with E-state index in [4.69, 9.17) is 0 Å². The van der Waals surface area contributed by atoms with Crippen molar-refractivity contribution in [2.45, 2.75) is 13.8 Å². The molecule has 1 heterocycles.